The standard InChI is InChI=1S/C21H21N3O2/c1-4-16-7-9-17(10-8-16)24-12-11-19(25)20(23-24)21(26)22-18-13-14(2)5-6-15(18)3/h5-13H,4H2,1-3H3,(H,22,26). The van der Waals surface area contributed by atoms with Crippen molar-refractivity contribution in [3.8, 4) is 5.69 Å². The monoisotopic (exact) mass is 347 g/mol. The van der Waals surface area contributed by atoms with Gasteiger partial charge in [0.25, 0.3) is 5.91 Å². The topological polar surface area (TPSA) is 64.0 Å². The molecular weight excluding hydrogens is 326 g/mol. The fourth-order valence-electron chi connectivity index (χ4n) is 2.65. The van der Waals surface area contributed by atoms with Gasteiger partial charge in [0.15, 0.2) is 5.69 Å². The van der Waals surface area contributed by atoms with Crippen LogP contribution in [0.1, 0.15) is 34.1 Å². The molecule has 26 heavy (non-hydrogen) atoms. The second-order valence-electron chi connectivity index (χ2n) is 6.27. The van der Waals surface area contributed by atoms with Crippen LogP contribution in [0, 0.1) is 13.8 Å². The van der Waals surface area contributed by atoms with Crippen LogP contribution >= 0.6 is 0 Å². The molecule has 1 aromatic heterocycles. The summed E-state index contributed by atoms with van der Waals surface area (Å²) >= 11 is 0. The summed E-state index contributed by atoms with van der Waals surface area (Å²) in [5.74, 6) is -0.511. The van der Waals surface area contributed by atoms with Crippen LogP contribution in [0.2, 0.25) is 0 Å². The number of amides is 1. The normalized spacial score (nSPS) is 10.6. The van der Waals surface area contributed by atoms with Crippen molar-refractivity contribution in [2.45, 2.75) is 27.2 Å². The van der Waals surface area contributed by atoms with Crippen molar-refractivity contribution in [3.63, 3.8) is 0 Å². The minimum absolute atomic E-state index is 0.132. The van der Waals surface area contributed by atoms with Gasteiger partial charge < -0.3 is 5.32 Å². The molecule has 0 unspecified atom stereocenters. The Bertz CT molecular complexity index is 1000. The minimum atomic E-state index is -0.511. The van der Waals surface area contributed by atoms with Crippen molar-refractivity contribution in [2.24, 2.45) is 0 Å². The lowest BCUT2D eigenvalue weighted by atomic mass is 10.1. The molecular formula is C21H21N3O2. The Balaban J connectivity index is 1.92. The zero-order valence-corrected chi connectivity index (χ0v) is 15.1. The molecule has 132 valence electrons. The molecule has 0 bridgehead atoms. The first-order valence-corrected chi connectivity index (χ1v) is 8.56. The number of anilines is 1. The fraction of sp³-hybridized carbons (Fsp3) is 0.190. The van der Waals surface area contributed by atoms with E-state index in [0.29, 0.717) is 5.69 Å². The fourth-order valence-corrected chi connectivity index (χ4v) is 2.65. The Hall–Kier alpha value is -3.21. The largest absolute Gasteiger partial charge is 0.320 e. The first kappa shape index (κ1) is 17.6. The lowest BCUT2D eigenvalue weighted by Crippen LogP contribution is -2.25. The number of carbonyl (C=O) groups excluding carboxylic acids is 1. The second kappa shape index (κ2) is 7.35. The summed E-state index contributed by atoms with van der Waals surface area (Å²) in [6.45, 7) is 5.94. The highest BCUT2D eigenvalue weighted by Crippen LogP contribution is 2.17. The number of carbonyl (C=O) groups is 1. The lowest BCUT2D eigenvalue weighted by molar-refractivity contribution is 0.101. The molecule has 2 aromatic carbocycles. The number of benzene rings is 2. The summed E-state index contributed by atoms with van der Waals surface area (Å²) < 4.78 is 1.54. The molecule has 0 fully saturated rings. The van der Waals surface area contributed by atoms with Gasteiger partial charge in [-0.15, -0.1) is 0 Å². The van der Waals surface area contributed by atoms with Gasteiger partial charge in [0.1, 0.15) is 0 Å². The Kier molecular flexibility index (Phi) is 4.98. The van der Waals surface area contributed by atoms with Crippen molar-refractivity contribution >= 4 is 11.6 Å². The average molecular weight is 347 g/mol. The lowest BCUT2D eigenvalue weighted by Gasteiger charge is -2.10. The van der Waals surface area contributed by atoms with E-state index in [1.165, 1.54) is 11.6 Å². The van der Waals surface area contributed by atoms with E-state index in [9.17, 15) is 9.59 Å². The molecule has 5 heteroatoms. The van der Waals surface area contributed by atoms with E-state index < -0.39 is 11.3 Å². The predicted molar refractivity (Wildman–Crippen MR) is 103 cm³/mol. The Morgan fingerprint density at radius 2 is 1.81 bits per heavy atom. The predicted octanol–water partition coefficient (Wildman–Crippen LogP) is 3.66. The Labute approximate surface area is 152 Å². The molecule has 0 aliphatic heterocycles. The molecule has 0 aliphatic rings. The SMILES string of the molecule is CCc1ccc(-n2ccc(=O)c(C(=O)Nc3cc(C)ccc3C)n2)cc1. The van der Waals surface area contributed by atoms with E-state index in [0.717, 1.165) is 23.2 Å². The van der Waals surface area contributed by atoms with E-state index in [1.807, 2.05) is 56.3 Å². The number of aromatic nitrogens is 2. The third kappa shape index (κ3) is 3.72. The van der Waals surface area contributed by atoms with Crippen molar-refractivity contribution < 1.29 is 4.79 Å². The maximum absolute atomic E-state index is 12.6. The van der Waals surface area contributed by atoms with Gasteiger partial charge in [-0.2, -0.15) is 5.10 Å². The van der Waals surface area contributed by atoms with Crippen LogP contribution in [-0.4, -0.2) is 15.7 Å². The number of hydrogen-bond donors (Lipinski definition) is 1. The molecule has 1 amide bonds. The highest BCUT2D eigenvalue weighted by Gasteiger charge is 2.14. The zero-order valence-electron chi connectivity index (χ0n) is 15.1. The molecule has 0 saturated carbocycles. The molecule has 0 atom stereocenters. The molecule has 3 rings (SSSR count). The molecule has 0 aliphatic carbocycles. The van der Waals surface area contributed by atoms with Crippen LogP contribution in [0.15, 0.2) is 59.5 Å². The first-order chi connectivity index (χ1) is 12.5. The van der Waals surface area contributed by atoms with Gasteiger partial charge in [0, 0.05) is 18.0 Å². The summed E-state index contributed by atoms with van der Waals surface area (Å²) in [7, 11) is 0. The summed E-state index contributed by atoms with van der Waals surface area (Å²) in [5.41, 5.74) is 4.10. The average Bonchev–Trinajstić information content (AvgIpc) is 2.65. The van der Waals surface area contributed by atoms with Gasteiger partial charge in [-0.05, 0) is 55.2 Å². The molecule has 1 N–H and O–H groups in total. The van der Waals surface area contributed by atoms with Gasteiger partial charge >= 0.3 is 0 Å². The summed E-state index contributed by atoms with van der Waals surface area (Å²) in [4.78, 5) is 24.7. The number of rotatable bonds is 4. The van der Waals surface area contributed by atoms with Crippen molar-refractivity contribution in [1.29, 1.82) is 0 Å². The number of nitrogens with one attached hydrogen (secondary N) is 1. The van der Waals surface area contributed by atoms with Gasteiger partial charge in [-0.25, -0.2) is 4.68 Å². The van der Waals surface area contributed by atoms with Crippen molar-refractivity contribution in [2.75, 3.05) is 5.32 Å². The van der Waals surface area contributed by atoms with Crippen LogP contribution in [0.3, 0.4) is 0 Å². The molecule has 3 aromatic rings. The molecule has 0 saturated heterocycles. The maximum Gasteiger partial charge on any atom is 0.280 e. The van der Waals surface area contributed by atoms with Crippen LogP contribution in [0.25, 0.3) is 5.69 Å². The van der Waals surface area contributed by atoms with Gasteiger partial charge in [-0.3, -0.25) is 9.59 Å². The number of hydrogen-bond acceptors (Lipinski definition) is 3. The third-order valence-electron chi connectivity index (χ3n) is 4.27. The Morgan fingerprint density at radius 1 is 1.08 bits per heavy atom. The zero-order chi connectivity index (χ0) is 18.7. The highest BCUT2D eigenvalue weighted by atomic mass is 16.2. The molecule has 0 radical (unpaired) electrons. The summed E-state index contributed by atoms with van der Waals surface area (Å²) in [6, 6.07) is 15.0. The summed E-state index contributed by atoms with van der Waals surface area (Å²) in [6.07, 6.45) is 2.51. The number of nitrogens with zero attached hydrogens (tertiary/aromatic N) is 2. The maximum atomic E-state index is 12.6. The molecule has 1 heterocycles. The van der Waals surface area contributed by atoms with Crippen LogP contribution in [0.5, 0.6) is 0 Å². The van der Waals surface area contributed by atoms with Gasteiger partial charge in [-0.1, -0.05) is 31.2 Å². The van der Waals surface area contributed by atoms with Crippen LogP contribution in [0.4, 0.5) is 5.69 Å². The van der Waals surface area contributed by atoms with Crippen molar-refractivity contribution in [1.82, 2.24) is 9.78 Å². The first-order valence-electron chi connectivity index (χ1n) is 8.56. The van der Waals surface area contributed by atoms with Crippen molar-refractivity contribution in [3.05, 3.63) is 87.3 Å². The molecule has 5 nitrogen and oxygen atoms in total. The third-order valence-corrected chi connectivity index (χ3v) is 4.27. The van der Waals surface area contributed by atoms with E-state index in [1.54, 1.807) is 10.9 Å². The second-order valence-corrected chi connectivity index (χ2v) is 6.27. The van der Waals surface area contributed by atoms with E-state index in [-0.39, 0.29) is 5.69 Å². The van der Waals surface area contributed by atoms with Crippen LogP contribution < -0.4 is 10.7 Å². The highest BCUT2D eigenvalue weighted by molar-refractivity contribution is 6.03. The molecule has 0 spiro atoms. The van der Waals surface area contributed by atoms with E-state index >= 15 is 0 Å². The minimum Gasteiger partial charge on any atom is -0.320 e. The van der Waals surface area contributed by atoms with Crippen LogP contribution in [-0.2, 0) is 6.42 Å². The van der Waals surface area contributed by atoms with Gasteiger partial charge in [0.05, 0.1) is 5.69 Å². The Morgan fingerprint density at radius 3 is 2.50 bits per heavy atom. The quantitative estimate of drug-likeness (QED) is 0.783. The van der Waals surface area contributed by atoms with Gasteiger partial charge in [0.2, 0.25) is 5.43 Å². The number of aryl methyl sites for hydroxylation is 3. The van der Waals surface area contributed by atoms with E-state index in [2.05, 4.69) is 17.3 Å². The summed E-state index contributed by atoms with van der Waals surface area (Å²) in [5, 5.41) is 7.03. The van der Waals surface area contributed by atoms with E-state index in [4.69, 9.17) is 0 Å². The smallest absolute Gasteiger partial charge is 0.280 e.